The fraction of sp³-hybridized carbons (Fsp3) is 1.00. The second kappa shape index (κ2) is 21.3. The molecule has 1 radical (unpaired) electrons. The molecule has 0 amide bonds. The average molecular weight is 376 g/mol. The molecule has 0 saturated carbocycles. The van der Waals surface area contributed by atoms with Crippen molar-refractivity contribution in [2.45, 2.75) is 158 Å². The standard InChI is InChI=1S/2C13H28.Li/c2*1-5-6-7-8-9-10-11-12-13(2,3)4;/h2*5-12H2,1-4H3;. The van der Waals surface area contributed by atoms with Gasteiger partial charge in [0.1, 0.15) is 0 Å². The topological polar surface area (TPSA) is 0 Å². The summed E-state index contributed by atoms with van der Waals surface area (Å²) in [6, 6.07) is 0. The van der Waals surface area contributed by atoms with Gasteiger partial charge >= 0.3 is 0 Å². The van der Waals surface area contributed by atoms with Crippen molar-refractivity contribution in [3.05, 3.63) is 0 Å². The van der Waals surface area contributed by atoms with Crippen molar-refractivity contribution in [2.24, 2.45) is 10.8 Å². The number of rotatable bonds is 14. The molecule has 0 aromatic heterocycles. The van der Waals surface area contributed by atoms with Gasteiger partial charge in [-0.05, 0) is 23.7 Å². The minimum absolute atomic E-state index is 0. The van der Waals surface area contributed by atoms with E-state index in [2.05, 4.69) is 55.4 Å². The Morgan fingerprint density at radius 1 is 0.370 bits per heavy atom. The molecule has 0 spiro atoms. The first-order valence-corrected chi connectivity index (χ1v) is 12.1. The third kappa shape index (κ3) is 37.9. The van der Waals surface area contributed by atoms with Gasteiger partial charge in [0.25, 0.3) is 0 Å². The zero-order chi connectivity index (χ0) is 20.3. The fourth-order valence-corrected chi connectivity index (χ4v) is 3.22. The van der Waals surface area contributed by atoms with Gasteiger partial charge in [-0.15, -0.1) is 0 Å². The van der Waals surface area contributed by atoms with Gasteiger partial charge < -0.3 is 0 Å². The largest absolute Gasteiger partial charge is 0.0654 e. The fourth-order valence-electron chi connectivity index (χ4n) is 3.22. The molecule has 0 aliphatic heterocycles. The van der Waals surface area contributed by atoms with Crippen molar-refractivity contribution in [2.75, 3.05) is 0 Å². The van der Waals surface area contributed by atoms with Crippen LogP contribution in [0.1, 0.15) is 158 Å². The van der Waals surface area contributed by atoms with Gasteiger partial charge in [0.15, 0.2) is 0 Å². The third-order valence-electron chi connectivity index (χ3n) is 5.06. The van der Waals surface area contributed by atoms with Crippen LogP contribution in [0.2, 0.25) is 0 Å². The number of hydrogen-bond donors (Lipinski definition) is 0. The van der Waals surface area contributed by atoms with Crippen molar-refractivity contribution in [1.82, 2.24) is 0 Å². The third-order valence-corrected chi connectivity index (χ3v) is 5.06. The first-order valence-electron chi connectivity index (χ1n) is 12.1. The van der Waals surface area contributed by atoms with Gasteiger partial charge in [-0.3, -0.25) is 0 Å². The number of hydrogen-bond acceptors (Lipinski definition) is 0. The van der Waals surface area contributed by atoms with E-state index >= 15 is 0 Å². The van der Waals surface area contributed by atoms with Crippen LogP contribution in [-0.2, 0) is 0 Å². The monoisotopic (exact) mass is 375 g/mol. The maximum absolute atomic E-state index is 2.34. The molecule has 0 nitrogen and oxygen atoms in total. The Balaban J connectivity index is -0.000000411. The minimum atomic E-state index is 0. The van der Waals surface area contributed by atoms with Crippen molar-refractivity contribution >= 4 is 18.9 Å². The molecule has 0 unspecified atom stereocenters. The Morgan fingerprint density at radius 2 is 0.593 bits per heavy atom. The van der Waals surface area contributed by atoms with Crippen LogP contribution < -0.4 is 0 Å². The minimum Gasteiger partial charge on any atom is -0.0654 e. The van der Waals surface area contributed by atoms with E-state index in [0.29, 0.717) is 10.8 Å². The van der Waals surface area contributed by atoms with E-state index in [1.807, 2.05) is 0 Å². The summed E-state index contributed by atoms with van der Waals surface area (Å²) in [6.45, 7) is 18.6. The van der Waals surface area contributed by atoms with Gasteiger partial charge in [0.2, 0.25) is 0 Å². The Kier molecular flexibility index (Phi) is 25.5. The maximum Gasteiger partial charge on any atom is 0 e. The Hall–Kier alpha value is 0.597. The van der Waals surface area contributed by atoms with Gasteiger partial charge in [-0.25, -0.2) is 0 Å². The Labute approximate surface area is 187 Å². The van der Waals surface area contributed by atoms with E-state index in [0.717, 1.165) is 0 Å². The summed E-state index contributed by atoms with van der Waals surface area (Å²) in [5, 5.41) is 0. The molecule has 0 saturated heterocycles. The summed E-state index contributed by atoms with van der Waals surface area (Å²) in [4.78, 5) is 0. The van der Waals surface area contributed by atoms with Crippen LogP contribution in [0, 0.1) is 10.8 Å². The SMILES string of the molecule is CCCCCCCCCC(C)(C)C.CCCCCCCCCC(C)(C)C.[Li]. The van der Waals surface area contributed by atoms with E-state index in [-0.39, 0.29) is 18.9 Å². The molecule has 0 bridgehead atoms. The van der Waals surface area contributed by atoms with Crippen LogP contribution in [0.15, 0.2) is 0 Å². The maximum atomic E-state index is 2.34. The van der Waals surface area contributed by atoms with Crippen LogP contribution in [0.3, 0.4) is 0 Å². The molecular formula is C26H56Li. The quantitative estimate of drug-likeness (QED) is 0.209. The zero-order valence-corrected chi connectivity index (χ0v) is 21.3. The van der Waals surface area contributed by atoms with Crippen molar-refractivity contribution in [1.29, 1.82) is 0 Å². The Bertz CT molecular complexity index is 228. The predicted molar refractivity (Wildman–Crippen MR) is 130 cm³/mol. The van der Waals surface area contributed by atoms with Gasteiger partial charge in [-0.2, -0.15) is 0 Å². The molecule has 0 aliphatic carbocycles. The van der Waals surface area contributed by atoms with Crippen LogP contribution in [0.5, 0.6) is 0 Å². The van der Waals surface area contributed by atoms with Gasteiger partial charge in [0, 0.05) is 18.9 Å². The molecule has 0 fully saturated rings. The average Bonchev–Trinajstić information content (AvgIpc) is 2.52. The predicted octanol–water partition coefficient (Wildman–Crippen LogP) is 9.97. The van der Waals surface area contributed by atoms with Crippen molar-refractivity contribution < 1.29 is 0 Å². The molecule has 0 N–H and O–H groups in total. The van der Waals surface area contributed by atoms with Crippen molar-refractivity contribution in [3.63, 3.8) is 0 Å². The van der Waals surface area contributed by atoms with E-state index in [9.17, 15) is 0 Å². The smallest absolute Gasteiger partial charge is 0 e. The van der Waals surface area contributed by atoms with E-state index < -0.39 is 0 Å². The molecule has 0 heterocycles. The molecule has 0 rings (SSSR count). The van der Waals surface area contributed by atoms with E-state index in [1.54, 1.807) is 0 Å². The van der Waals surface area contributed by atoms with Crippen LogP contribution in [0.4, 0.5) is 0 Å². The summed E-state index contributed by atoms with van der Waals surface area (Å²) in [6.07, 6.45) is 22.8. The first kappa shape index (κ1) is 32.3. The molecule has 0 aromatic carbocycles. The summed E-state index contributed by atoms with van der Waals surface area (Å²) >= 11 is 0. The molecule has 161 valence electrons. The first-order chi connectivity index (χ1) is 12.1. The molecular weight excluding hydrogens is 319 g/mol. The summed E-state index contributed by atoms with van der Waals surface area (Å²) in [5.41, 5.74) is 1.09. The van der Waals surface area contributed by atoms with Crippen LogP contribution in [-0.4, -0.2) is 18.9 Å². The molecule has 1 heteroatoms. The molecule has 0 atom stereocenters. The molecule has 0 aliphatic rings. The van der Waals surface area contributed by atoms with Gasteiger partial charge in [-0.1, -0.05) is 145 Å². The molecule has 0 aromatic rings. The second-order valence-electron chi connectivity index (χ2n) is 10.9. The molecule has 27 heavy (non-hydrogen) atoms. The number of unbranched alkanes of at least 4 members (excludes halogenated alkanes) is 12. The van der Waals surface area contributed by atoms with Crippen LogP contribution in [0.25, 0.3) is 0 Å². The zero-order valence-electron chi connectivity index (χ0n) is 21.3. The summed E-state index contributed by atoms with van der Waals surface area (Å²) in [5.74, 6) is 0. The van der Waals surface area contributed by atoms with E-state index in [1.165, 1.54) is 103 Å². The van der Waals surface area contributed by atoms with Gasteiger partial charge in [0.05, 0.1) is 0 Å². The second-order valence-corrected chi connectivity index (χ2v) is 10.9. The van der Waals surface area contributed by atoms with E-state index in [4.69, 9.17) is 0 Å². The summed E-state index contributed by atoms with van der Waals surface area (Å²) < 4.78 is 0. The summed E-state index contributed by atoms with van der Waals surface area (Å²) in [7, 11) is 0. The van der Waals surface area contributed by atoms with Crippen molar-refractivity contribution in [3.8, 4) is 0 Å². The Morgan fingerprint density at radius 3 is 0.815 bits per heavy atom. The van der Waals surface area contributed by atoms with Crippen LogP contribution >= 0.6 is 0 Å². The normalized spacial score (nSPS) is 11.6.